The molecule has 1 saturated carbocycles. The van der Waals surface area contributed by atoms with Crippen molar-refractivity contribution in [2.45, 2.75) is 45.7 Å². The van der Waals surface area contributed by atoms with Crippen LogP contribution in [0.3, 0.4) is 0 Å². The summed E-state index contributed by atoms with van der Waals surface area (Å²) in [5.41, 5.74) is 1.02. The summed E-state index contributed by atoms with van der Waals surface area (Å²) in [7, 11) is 0. The van der Waals surface area contributed by atoms with Gasteiger partial charge in [0, 0.05) is 25.7 Å². The number of fused-ring (bicyclic) bond motifs is 1. The molecule has 3 rings (SSSR count). The summed E-state index contributed by atoms with van der Waals surface area (Å²) in [6, 6.07) is 0.486. The van der Waals surface area contributed by atoms with Gasteiger partial charge in [0.15, 0.2) is 0 Å². The highest BCUT2D eigenvalue weighted by Gasteiger charge is 2.36. The second-order valence-corrected chi connectivity index (χ2v) is 6.26. The van der Waals surface area contributed by atoms with E-state index >= 15 is 0 Å². The number of hydrogen-bond acceptors (Lipinski definition) is 4. The third-order valence-corrected chi connectivity index (χ3v) is 4.43. The molecule has 19 heavy (non-hydrogen) atoms. The van der Waals surface area contributed by atoms with Gasteiger partial charge < -0.3 is 10.2 Å². The third kappa shape index (κ3) is 2.89. The number of rotatable bonds is 4. The van der Waals surface area contributed by atoms with Crippen LogP contribution in [0.2, 0.25) is 0 Å². The number of anilines is 1. The van der Waals surface area contributed by atoms with Crippen molar-refractivity contribution < 1.29 is 0 Å². The molecule has 0 bridgehead atoms. The summed E-state index contributed by atoms with van der Waals surface area (Å²) in [6.07, 6.45) is 8.10. The van der Waals surface area contributed by atoms with Crippen LogP contribution in [0.4, 0.5) is 5.82 Å². The lowest BCUT2D eigenvalue weighted by atomic mass is 10.0. The maximum absolute atomic E-state index is 4.59. The summed E-state index contributed by atoms with van der Waals surface area (Å²) >= 11 is 0. The van der Waals surface area contributed by atoms with E-state index in [0.717, 1.165) is 29.9 Å². The van der Waals surface area contributed by atoms with Crippen molar-refractivity contribution >= 4 is 5.82 Å². The average molecular weight is 260 g/mol. The van der Waals surface area contributed by atoms with Crippen molar-refractivity contribution in [3.8, 4) is 0 Å². The second-order valence-electron chi connectivity index (χ2n) is 6.26. The Morgan fingerprint density at radius 2 is 1.95 bits per heavy atom. The Bertz CT molecular complexity index is 403. The van der Waals surface area contributed by atoms with Gasteiger partial charge in [0.05, 0.1) is 18.1 Å². The lowest BCUT2D eigenvalue weighted by Crippen LogP contribution is -2.24. The molecule has 4 heteroatoms. The molecule has 2 aliphatic rings. The topological polar surface area (TPSA) is 41.1 Å². The van der Waals surface area contributed by atoms with Gasteiger partial charge in [0.1, 0.15) is 5.82 Å². The van der Waals surface area contributed by atoms with Crippen LogP contribution >= 0.6 is 0 Å². The Hall–Kier alpha value is -1.16. The molecule has 2 atom stereocenters. The maximum Gasteiger partial charge on any atom is 0.147 e. The first-order chi connectivity index (χ1) is 9.22. The fourth-order valence-corrected chi connectivity index (χ4v) is 3.33. The molecule has 2 heterocycles. The van der Waals surface area contributed by atoms with E-state index in [2.05, 4.69) is 34.0 Å². The highest BCUT2D eigenvalue weighted by atomic mass is 15.2. The molecular weight excluding hydrogens is 236 g/mol. The van der Waals surface area contributed by atoms with E-state index < -0.39 is 0 Å². The van der Waals surface area contributed by atoms with Gasteiger partial charge in [-0.05, 0) is 24.7 Å². The van der Waals surface area contributed by atoms with E-state index in [1.807, 2.05) is 12.4 Å². The van der Waals surface area contributed by atoms with Crippen molar-refractivity contribution in [2.24, 2.45) is 11.8 Å². The van der Waals surface area contributed by atoms with Gasteiger partial charge in [0.25, 0.3) is 0 Å². The van der Waals surface area contributed by atoms with Crippen molar-refractivity contribution in [1.29, 1.82) is 0 Å². The number of nitrogens with one attached hydrogen (secondary N) is 1. The molecule has 0 spiro atoms. The maximum atomic E-state index is 4.59. The Balaban J connectivity index is 1.60. The van der Waals surface area contributed by atoms with Crippen LogP contribution in [0.1, 0.15) is 38.8 Å². The number of hydrogen-bond donors (Lipinski definition) is 1. The summed E-state index contributed by atoms with van der Waals surface area (Å²) in [4.78, 5) is 11.5. The van der Waals surface area contributed by atoms with Crippen LogP contribution in [0.15, 0.2) is 12.4 Å². The van der Waals surface area contributed by atoms with E-state index in [1.54, 1.807) is 0 Å². The van der Waals surface area contributed by atoms with E-state index in [1.165, 1.54) is 32.4 Å². The quantitative estimate of drug-likeness (QED) is 0.901. The van der Waals surface area contributed by atoms with E-state index in [4.69, 9.17) is 0 Å². The first-order valence-electron chi connectivity index (χ1n) is 7.51. The highest BCUT2D eigenvalue weighted by molar-refractivity contribution is 5.38. The molecular formula is C15H24N4. The van der Waals surface area contributed by atoms with Crippen molar-refractivity contribution in [3.63, 3.8) is 0 Å². The smallest absolute Gasteiger partial charge is 0.147 e. The van der Waals surface area contributed by atoms with Crippen LogP contribution in [0.5, 0.6) is 0 Å². The summed E-state index contributed by atoms with van der Waals surface area (Å²) in [5.74, 6) is 2.87. The molecule has 1 N–H and O–H groups in total. The second kappa shape index (κ2) is 5.45. The average Bonchev–Trinajstić information content (AvgIpc) is 2.97. The van der Waals surface area contributed by atoms with Crippen LogP contribution in [0, 0.1) is 11.8 Å². The summed E-state index contributed by atoms with van der Waals surface area (Å²) in [6.45, 7) is 7.46. The van der Waals surface area contributed by atoms with Crippen LogP contribution in [0.25, 0.3) is 0 Å². The van der Waals surface area contributed by atoms with E-state index in [0.29, 0.717) is 6.04 Å². The lowest BCUT2D eigenvalue weighted by molar-refractivity contribution is 0.494. The molecule has 2 fully saturated rings. The van der Waals surface area contributed by atoms with Gasteiger partial charge in [-0.2, -0.15) is 0 Å². The fourth-order valence-electron chi connectivity index (χ4n) is 3.33. The van der Waals surface area contributed by atoms with Gasteiger partial charge in [-0.1, -0.05) is 20.3 Å². The first kappa shape index (κ1) is 12.9. The molecule has 2 unspecified atom stereocenters. The highest BCUT2D eigenvalue weighted by Crippen LogP contribution is 2.38. The Kier molecular flexibility index (Phi) is 3.69. The number of aromatic nitrogens is 2. The SMILES string of the molecule is CC(C)NCc1cnc(N2CC3CCCC3C2)cn1. The number of nitrogens with zero attached hydrogens (tertiary/aromatic N) is 3. The minimum absolute atomic E-state index is 0.486. The van der Waals surface area contributed by atoms with Gasteiger partial charge >= 0.3 is 0 Å². The standard InChI is InChI=1S/C15H24N4/c1-11(2)16-6-14-7-18-15(8-17-14)19-9-12-4-3-5-13(12)10-19/h7-8,11-13,16H,3-6,9-10H2,1-2H3. The zero-order chi connectivity index (χ0) is 13.2. The van der Waals surface area contributed by atoms with Gasteiger partial charge in [-0.3, -0.25) is 4.98 Å². The molecule has 104 valence electrons. The van der Waals surface area contributed by atoms with Crippen LogP contribution in [-0.4, -0.2) is 29.1 Å². The summed E-state index contributed by atoms with van der Waals surface area (Å²) < 4.78 is 0. The Morgan fingerprint density at radius 3 is 2.53 bits per heavy atom. The molecule has 0 amide bonds. The molecule has 1 aliphatic heterocycles. The van der Waals surface area contributed by atoms with Crippen molar-refractivity contribution in [2.75, 3.05) is 18.0 Å². The van der Waals surface area contributed by atoms with Crippen molar-refractivity contribution in [1.82, 2.24) is 15.3 Å². The molecule has 0 radical (unpaired) electrons. The molecule has 0 aromatic carbocycles. The normalized spacial score (nSPS) is 26.2. The largest absolute Gasteiger partial charge is 0.355 e. The van der Waals surface area contributed by atoms with Crippen LogP contribution < -0.4 is 10.2 Å². The van der Waals surface area contributed by atoms with E-state index in [-0.39, 0.29) is 0 Å². The Morgan fingerprint density at radius 1 is 1.21 bits per heavy atom. The minimum Gasteiger partial charge on any atom is -0.355 e. The minimum atomic E-state index is 0.486. The lowest BCUT2D eigenvalue weighted by Gasteiger charge is -2.18. The first-order valence-corrected chi connectivity index (χ1v) is 7.51. The van der Waals surface area contributed by atoms with Crippen molar-refractivity contribution in [3.05, 3.63) is 18.1 Å². The predicted octanol–water partition coefficient (Wildman–Crippen LogP) is 2.21. The molecule has 1 aromatic heterocycles. The van der Waals surface area contributed by atoms with E-state index in [9.17, 15) is 0 Å². The fraction of sp³-hybridized carbons (Fsp3) is 0.733. The molecule has 1 aromatic rings. The summed E-state index contributed by atoms with van der Waals surface area (Å²) in [5, 5.41) is 3.37. The predicted molar refractivity (Wildman–Crippen MR) is 77.1 cm³/mol. The zero-order valence-electron chi connectivity index (χ0n) is 12.0. The Labute approximate surface area is 115 Å². The zero-order valence-corrected chi connectivity index (χ0v) is 12.0. The van der Waals surface area contributed by atoms with Gasteiger partial charge in [-0.15, -0.1) is 0 Å². The van der Waals surface area contributed by atoms with Crippen LogP contribution in [-0.2, 0) is 6.54 Å². The van der Waals surface area contributed by atoms with Gasteiger partial charge in [-0.25, -0.2) is 4.98 Å². The monoisotopic (exact) mass is 260 g/mol. The molecule has 1 aliphatic carbocycles. The van der Waals surface area contributed by atoms with Gasteiger partial charge in [0.2, 0.25) is 0 Å². The molecule has 4 nitrogen and oxygen atoms in total. The molecule has 1 saturated heterocycles. The third-order valence-electron chi connectivity index (χ3n) is 4.43.